The molecule has 0 radical (unpaired) electrons. The summed E-state index contributed by atoms with van der Waals surface area (Å²) in [4.78, 5) is 14.2. The molecule has 1 aromatic rings. The molecule has 2 unspecified atom stereocenters. The molecule has 0 aromatic heterocycles. The van der Waals surface area contributed by atoms with Gasteiger partial charge in [0.2, 0.25) is 0 Å². The van der Waals surface area contributed by atoms with Crippen molar-refractivity contribution in [2.75, 3.05) is 13.1 Å². The Morgan fingerprint density at radius 2 is 1.73 bits per heavy atom. The van der Waals surface area contributed by atoms with Crippen LogP contribution in [0.2, 0.25) is 0 Å². The van der Waals surface area contributed by atoms with Gasteiger partial charge in [0, 0.05) is 19.5 Å². The fourth-order valence-corrected chi connectivity index (χ4v) is 3.97. The maximum Gasteiger partial charge on any atom is 0.494 e. The van der Waals surface area contributed by atoms with Gasteiger partial charge in [0.1, 0.15) is 5.60 Å². The Kier molecular flexibility index (Phi) is 3.94. The van der Waals surface area contributed by atoms with Crippen molar-refractivity contribution in [1.29, 1.82) is 0 Å². The van der Waals surface area contributed by atoms with Gasteiger partial charge in [-0.3, -0.25) is 0 Å². The molecule has 0 N–H and O–H groups in total. The van der Waals surface area contributed by atoms with Gasteiger partial charge in [-0.2, -0.15) is 0 Å². The van der Waals surface area contributed by atoms with Crippen LogP contribution in [0.15, 0.2) is 18.2 Å². The Bertz CT molecular complexity index is 730. The van der Waals surface area contributed by atoms with Gasteiger partial charge in [-0.15, -0.1) is 0 Å². The molecule has 1 aliphatic carbocycles. The van der Waals surface area contributed by atoms with Gasteiger partial charge < -0.3 is 18.9 Å². The Labute approximate surface area is 156 Å². The minimum Gasteiger partial charge on any atom is -0.444 e. The highest BCUT2D eigenvalue weighted by Crippen LogP contribution is 2.58. The first kappa shape index (κ1) is 17.9. The van der Waals surface area contributed by atoms with E-state index < -0.39 is 5.60 Å². The molecule has 2 atom stereocenters. The molecule has 2 aliphatic heterocycles. The van der Waals surface area contributed by atoms with Gasteiger partial charge >= 0.3 is 13.2 Å². The number of fused-ring (bicyclic) bond motifs is 2. The van der Waals surface area contributed by atoms with Gasteiger partial charge in [0.25, 0.3) is 0 Å². The van der Waals surface area contributed by atoms with E-state index in [2.05, 4.69) is 32.0 Å². The number of hydrogen-bond donors (Lipinski definition) is 0. The summed E-state index contributed by atoms with van der Waals surface area (Å²) in [5.74, 6) is 0. The van der Waals surface area contributed by atoms with E-state index in [-0.39, 0.29) is 24.4 Å². The van der Waals surface area contributed by atoms with E-state index in [0.29, 0.717) is 13.1 Å². The number of amides is 1. The summed E-state index contributed by atoms with van der Waals surface area (Å²) in [6.45, 7) is 11.3. The molecule has 5 nitrogen and oxygen atoms in total. The number of benzene rings is 1. The number of carbonyl (C=O) groups is 1. The van der Waals surface area contributed by atoms with Gasteiger partial charge in [-0.05, 0) is 64.1 Å². The average molecular weight is 357 g/mol. The summed E-state index contributed by atoms with van der Waals surface area (Å²) in [6.07, 6.45) is 2.40. The molecule has 2 heterocycles. The average Bonchev–Trinajstić information content (AvgIpc) is 3.05. The van der Waals surface area contributed by atoms with E-state index in [1.165, 1.54) is 11.1 Å². The van der Waals surface area contributed by atoms with Crippen LogP contribution in [0.25, 0.3) is 0 Å². The zero-order valence-electron chi connectivity index (χ0n) is 16.4. The molecule has 0 spiro atoms. The standard InChI is InChI=1S/C20H28BNO4/c1-18(2,3)24-17(23)22-10-8-14-6-7-16(12-15(14)9-11-22)21-25-19(4)13-20(19,5)26-21/h6-7,12H,8-11,13H2,1-5H3. The molecule has 6 heteroatoms. The van der Waals surface area contributed by atoms with Crippen LogP contribution in [0.3, 0.4) is 0 Å². The lowest BCUT2D eigenvalue weighted by Gasteiger charge is -2.26. The Hall–Kier alpha value is -1.53. The van der Waals surface area contributed by atoms with Crippen LogP contribution in [-0.2, 0) is 26.9 Å². The largest absolute Gasteiger partial charge is 0.494 e. The quantitative estimate of drug-likeness (QED) is 0.725. The summed E-state index contributed by atoms with van der Waals surface area (Å²) in [6, 6.07) is 6.45. The second kappa shape index (κ2) is 5.73. The first-order valence-corrected chi connectivity index (χ1v) is 9.54. The fraction of sp³-hybridized carbons (Fsp3) is 0.650. The van der Waals surface area contributed by atoms with E-state index in [4.69, 9.17) is 14.0 Å². The van der Waals surface area contributed by atoms with Crippen LogP contribution in [-0.4, -0.2) is 48.0 Å². The second-order valence-electron chi connectivity index (χ2n) is 9.20. The van der Waals surface area contributed by atoms with Crippen molar-refractivity contribution >= 4 is 18.7 Å². The molecular weight excluding hydrogens is 329 g/mol. The van der Waals surface area contributed by atoms with Crippen molar-refractivity contribution in [3.05, 3.63) is 29.3 Å². The zero-order valence-corrected chi connectivity index (χ0v) is 16.4. The SMILES string of the molecule is CC(C)(C)OC(=O)N1CCc2ccc(B3OC4(C)CC4(C)O3)cc2CC1. The van der Waals surface area contributed by atoms with Crippen molar-refractivity contribution in [2.24, 2.45) is 0 Å². The monoisotopic (exact) mass is 357 g/mol. The van der Waals surface area contributed by atoms with Crippen LogP contribution < -0.4 is 5.46 Å². The van der Waals surface area contributed by atoms with Gasteiger partial charge in [-0.1, -0.05) is 18.2 Å². The molecule has 4 rings (SSSR count). The van der Waals surface area contributed by atoms with E-state index in [1.807, 2.05) is 25.7 Å². The lowest BCUT2D eigenvalue weighted by atomic mass is 9.77. The van der Waals surface area contributed by atoms with Crippen LogP contribution in [0.4, 0.5) is 4.79 Å². The van der Waals surface area contributed by atoms with Crippen LogP contribution in [0.5, 0.6) is 0 Å². The second-order valence-corrected chi connectivity index (χ2v) is 9.20. The van der Waals surface area contributed by atoms with Gasteiger partial charge in [0.05, 0.1) is 11.2 Å². The number of hydrogen-bond acceptors (Lipinski definition) is 4. The third kappa shape index (κ3) is 3.14. The summed E-state index contributed by atoms with van der Waals surface area (Å²) in [7, 11) is -0.283. The first-order chi connectivity index (χ1) is 12.1. The lowest BCUT2D eigenvalue weighted by Crippen LogP contribution is -2.38. The minimum absolute atomic E-state index is 0.141. The molecule has 26 heavy (non-hydrogen) atoms. The van der Waals surface area contributed by atoms with E-state index in [9.17, 15) is 4.79 Å². The number of nitrogens with zero attached hydrogens (tertiary/aromatic N) is 1. The first-order valence-electron chi connectivity index (χ1n) is 9.54. The predicted octanol–water partition coefficient (Wildman–Crippen LogP) is 2.69. The topological polar surface area (TPSA) is 48.0 Å². The van der Waals surface area contributed by atoms with Crippen molar-refractivity contribution in [3.8, 4) is 0 Å². The Morgan fingerprint density at radius 1 is 1.12 bits per heavy atom. The molecular formula is C20H28BNO4. The minimum atomic E-state index is -0.465. The Balaban J connectivity index is 1.45. The van der Waals surface area contributed by atoms with Crippen LogP contribution in [0.1, 0.15) is 52.2 Å². The fourth-order valence-electron chi connectivity index (χ4n) is 3.97. The van der Waals surface area contributed by atoms with Crippen LogP contribution >= 0.6 is 0 Å². The summed E-state index contributed by atoms with van der Waals surface area (Å²) < 4.78 is 17.8. The third-order valence-electron chi connectivity index (χ3n) is 5.86. The Morgan fingerprint density at radius 3 is 2.35 bits per heavy atom. The van der Waals surface area contributed by atoms with Crippen molar-refractivity contribution in [3.63, 3.8) is 0 Å². The lowest BCUT2D eigenvalue weighted by molar-refractivity contribution is 0.0258. The zero-order chi connectivity index (χ0) is 18.7. The van der Waals surface area contributed by atoms with E-state index >= 15 is 0 Å². The smallest absolute Gasteiger partial charge is 0.444 e. The van der Waals surface area contributed by atoms with Gasteiger partial charge in [0.15, 0.2) is 0 Å². The highest BCUT2D eigenvalue weighted by Gasteiger charge is 2.71. The third-order valence-corrected chi connectivity index (χ3v) is 5.86. The predicted molar refractivity (Wildman–Crippen MR) is 101 cm³/mol. The molecule has 2 fully saturated rings. The molecule has 1 saturated carbocycles. The molecule has 1 amide bonds. The van der Waals surface area contributed by atoms with Crippen molar-refractivity contribution in [1.82, 2.24) is 4.90 Å². The van der Waals surface area contributed by atoms with Crippen LogP contribution in [0, 0.1) is 0 Å². The maximum absolute atomic E-state index is 12.4. The number of ether oxygens (including phenoxy) is 1. The molecule has 0 bridgehead atoms. The molecule has 3 aliphatic rings. The number of carbonyl (C=O) groups excluding carboxylic acids is 1. The summed E-state index contributed by atoms with van der Waals surface area (Å²) in [5, 5.41) is 0. The van der Waals surface area contributed by atoms with E-state index in [1.54, 1.807) is 0 Å². The molecule has 1 aromatic carbocycles. The summed E-state index contributed by atoms with van der Waals surface area (Å²) >= 11 is 0. The normalized spacial score (nSPS) is 30.5. The number of rotatable bonds is 1. The summed E-state index contributed by atoms with van der Waals surface area (Å²) in [5.41, 5.74) is 2.89. The highest BCUT2D eigenvalue weighted by molar-refractivity contribution is 6.62. The van der Waals surface area contributed by atoms with Gasteiger partial charge in [-0.25, -0.2) is 4.79 Å². The molecule has 140 valence electrons. The van der Waals surface area contributed by atoms with E-state index in [0.717, 1.165) is 24.7 Å². The maximum atomic E-state index is 12.4. The highest BCUT2D eigenvalue weighted by atomic mass is 16.7. The van der Waals surface area contributed by atoms with Crippen molar-refractivity contribution in [2.45, 2.75) is 70.7 Å². The molecule has 1 saturated heterocycles. The van der Waals surface area contributed by atoms with Crippen molar-refractivity contribution < 1.29 is 18.8 Å².